The van der Waals surface area contributed by atoms with Crippen LogP contribution in [0.2, 0.25) is 15.2 Å². The molecule has 0 saturated heterocycles. The summed E-state index contributed by atoms with van der Waals surface area (Å²) in [5, 5.41) is 0.347. The first-order valence-corrected chi connectivity index (χ1v) is 7.98. The zero-order valence-electron chi connectivity index (χ0n) is 10.5. The van der Waals surface area contributed by atoms with Crippen molar-refractivity contribution in [2.24, 2.45) is 0 Å². The highest BCUT2D eigenvalue weighted by Crippen LogP contribution is 2.28. The molecule has 0 aliphatic rings. The number of hydrogen-bond acceptors (Lipinski definition) is 5. The van der Waals surface area contributed by atoms with Crippen molar-refractivity contribution in [1.29, 1.82) is 0 Å². The van der Waals surface area contributed by atoms with E-state index in [2.05, 4.69) is 14.7 Å². The van der Waals surface area contributed by atoms with Gasteiger partial charge in [0, 0.05) is 18.5 Å². The van der Waals surface area contributed by atoms with Crippen LogP contribution in [0.25, 0.3) is 0 Å². The lowest BCUT2D eigenvalue weighted by atomic mass is 10.4. The second-order valence-electron chi connectivity index (χ2n) is 3.75. The predicted molar refractivity (Wildman–Crippen MR) is 80.9 cm³/mol. The van der Waals surface area contributed by atoms with Crippen LogP contribution in [0.15, 0.2) is 29.4 Å². The molecule has 6 nitrogen and oxygen atoms in total. The fourth-order valence-electron chi connectivity index (χ4n) is 1.39. The summed E-state index contributed by atoms with van der Waals surface area (Å²) in [6.07, 6.45) is 2.37. The molecular weight excluding hydrogens is 361 g/mol. The minimum Gasteiger partial charge on any atom is -0.493 e. The van der Waals surface area contributed by atoms with Crippen molar-refractivity contribution < 1.29 is 13.2 Å². The van der Waals surface area contributed by atoms with Gasteiger partial charge in [0.25, 0.3) is 10.0 Å². The van der Waals surface area contributed by atoms with E-state index in [1.807, 2.05) is 0 Å². The summed E-state index contributed by atoms with van der Waals surface area (Å²) in [4.78, 5) is 7.40. The monoisotopic (exact) mass is 367 g/mol. The Morgan fingerprint density at radius 1 is 1.14 bits per heavy atom. The summed E-state index contributed by atoms with van der Waals surface area (Å²) in [7, 11) is -2.57. The molecule has 0 fully saturated rings. The Balaban J connectivity index is 2.39. The Morgan fingerprint density at radius 2 is 1.86 bits per heavy atom. The quantitative estimate of drug-likeness (QED) is 0.838. The molecule has 0 aliphatic heterocycles. The van der Waals surface area contributed by atoms with Crippen LogP contribution in [-0.2, 0) is 10.0 Å². The van der Waals surface area contributed by atoms with E-state index in [4.69, 9.17) is 39.5 Å². The zero-order chi connectivity index (χ0) is 15.6. The van der Waals surface area contributed by atoms with Gasteiger partial charge in [-0.15, -0.1) is 0 Å². The van der Waals surface area contributed by atoms with Crippen LogP contribution in [0.5, 0.6) is 5.75 Å². The number of pyridine rings is 2. The molecule has 2 aromatic rings. The van der Waals surface area contributed by atoms with Crippen molar-refractivity contribution in [2.75, 3.05) is 11.8 Å². The fraction of sp³-hybridized carbons (Fsp3) is 0.0909. The molecule has 112 valence electrons. The number of aromatic nitrogens is 2. The van der Waals surface area contributed by atoms with E-state index >= 15 is 0 Å². The molecule has 2 heterocycles. The van der Waals surface area contributed by atoms with Crippen molar-refractivity contribution in [3.05, 3.63) is 39.7 Å². The molecule has 1 N–H and O–H groups in total. The van der Waals surface area contributed by atoms with Crippen LogP contribution < -0.4 is 9.46 Å². The van der Waals surface area contributed by atoms with Crippen LogP contribution >= 0.6 is 34.8 Å². The molecule has 21 heavy (non-hydrogen) atoms. The molecule has 10 heteroatoms. The number of hydrogen-bond donors (Lipinski definition) is 1. The van der Waals surface area contributed by atoms with Crippen molar-refractivity contribution >= 4 is 50.6 Å². The first kappa shape index (κ1) is 16.1. The lowest BCUT2D eigenvalue weighted by Gasteiger charge is -2.11. The summed E-state index contributed by atoms with van der Waals surface area (Å²) in [6.45, 7) is 0. The van der Waals surface area contributed by atoms with Gasteiger partial charge >= 0.3 is 0 Å². The molecule has 0 saturated carbocycles. The molecule has 0 atom stereocenters. The smallest absolute Gasteiger partial charge is 0.264 e. The Morgan fingerprint density at radius 3 is 2.48 bits per heavy atom. The Bertz CT molecular complexity index is 784. The first-order valence-electron chi connectivity index (χ1n) is 5.37. The molecule has 0 spiro atoms. The van der Waals surface area contributed by atoms with E-state index in [0.29, 0.717) is 5.02 Å². The highest BCUT2D eigenvalue weighted by atomic mass is 35.5. The lowest BCUT2D eigenvalue weighted by molar-refractivity contribution is 0.415. The maximum atomic E-state index is 12.2. The van der Waals surface area contributed by atoms with Crippen LogP contribution in [0.1, 0.15) is 0 Å². The number of methoxy groups -OCH3 is 1. The molecule has 0 amide bonds. The standard InChI is InChI=1S/C11H8Cl3N3O3S/c1-20-9-2-6(12)4-16-11(9)17-21(18,19)7-3-8(13)10(14)15-5-7/h2-5H,1H3,(H,16,17). The summed E-state index contributed by atoms with van der Waals surface area (Å²) in [5.41, 5.74) is 0. The van der Waals surface area contributed by atoms with Gasteiger partial charge in [-0.2, -0.15) is 0 Å². The second-order valence-corrected chi connectivity index (χ2v) is 6.64. The fourth-order valence-corrected chi connectivity index (χ4v) is 2.86. The third-order valence-electron chi connectivity index (χ3n) is 2.35. The molecule has 0 bridgehead atoms. The highest BCUT2D eigenvalue weighted by molar-refractivity contribution is 7.92. The topological polar surface area (TPSA) is 81.2 Å². The maximum Gasteiger partial charge on any atom is 0.264 e. The van der Waals surface area contributed by atoms with Crippen molar-refractivity contribution in [1.82, 2.24) is 9.97 Å². The molecule has 0 aromatic carbocycles. The van der Waals surface area contributed by atoms with Gasteiger partial charge in [0.1, 0.15) is 10.0 Å². The summed E-state index contributed by atoms with van der Waals surface area (Å²) in [6, 6.07) is 2.61. The first-order chi connectivity index (χ1) is 9.83. The minimum absolute atomic E-state index is 0.00651. The maximum absolute atomic E-state index is 12.2. The van der Waals surface area contributed by atoms with Crippen molar-refractivity contribution in [2.45, 2.75) is 4.90 Å². The van der Waals surface area contributed by atoms with E-state index < -0.39 is 10.0 Å². The number of rotatable bonds is 4. The van der Waals surface area contributed by atoms with E-state index in [1.54, 1.807) is 0 Å². The van der Waals surface area contributed by atoms with E-state index in [9.17, 15) is 8.42 Å². The molecule has 0 aliphatic carbocycles. The highest BCUT2D eigenvalue weighted by Gasteiger charge is 2.19. The van der Waals surface area contributed by atoms with Gasteiger partial charge < -0.3 is 4.74 Å². The van der Waals surface area contributed by atoms with Gasteiger partial charge in [-0.1, -0.05) is 34.8 Å². The van der Waals surface area contributed by atoms with Crippen molar-refractivity contribution in [3.8, 4) is 5.75 Å². The Labute approximate surface area is 136 Å². The lowest BCUT2D eigenvalue weighted by Crippen LogP contribution is -2.15. The number of halogens is 3. The summed E-state index contributed by atoms with van der Waals surface area (Å²) in [5.74, 6) is 0.173. The largest absolute Gasteiger partial charge is 0.493 e. The Kier molecular flexibility index (Phi) is 4.77. The molecule has 2 rings (SSSR count). The SMILES string of the molecule is COc1cc(Cl)cnc1NS(=O)(=O)c1cnc(Cl)c(Cl)c1. The number of ether oxygens (including phenoxy) is 1. The second kappa shape index (κ2) is 6.23. The normalized spacial score (nSPS) is 11.2. The van der Waals surface area contributed by atoms with Crippen LogP contribution in [0.4, 0.5) is 5.82 Å². The third-order valence-corrected chi connectivity index (χ3v) is 4.55. The van der Waals surface area contributed by atoms with E-state index in [0.717, 1.165) is 6.20 Å². The van der Waals surface area contributed by atoms with Crippen LogP contribution in [0, 0.1) is 0 Å². The van der Waals surface area contributed by atoms with Gasteiger partial charge in [0.05, 0.1) is 17.2 Å². The number of nitrogens with one attached hydrogen (secondary N) is 1. The van der Waals surface area contributed by atoms with Gasteiger partial charge in [0.15, 0.2) is 11.6 Å². The number of anilines is 1. The average Bonchev–Trinajstić information content (AvgIpc) is 2.43. The molecule has 0 radical (unpaired) electrons. The van der Waals surface area contributed by atoms with Gasteiger partial charge in [-0.3, -0.25) is 4.72 Å². The zero-order valence-corrected chi connectivity index (χ0v) is 13.6. The van der Waals surface area contributed by atoms with Gasteiger partial charge in [-0.05, 0) is 6.07 Å². The predicted octanol–water partition coefficient (Wildman–Crippen LogP) is 3.25. The van der Waals surface area contributed by atoms with E-state index in [1.165, 1.54) is 25.4 Å². The third kappa shape index (κ3) is 3.68. The molecular formula is C11H8Cl3N3O3S. The molecule has 2 aromatic heterocycles. The van der Waals surface area contributed by atoms with Gasteiger partial charge in [0.2, 0.25) is 0 Å². The number of sulfonamides is 1. The molecule has 0 unspecified atom stereocenters. The summed E-state index contributed by atoms with van der Waals surface area (Å²) < 4.78 is 31.8. The van der Waals surface area contributed by atoms with E-state index in [-0.39, 0.29) is 26.6 Å². The van der Waals surface area contributed by atoms with Crippen molar-refractivity contribution in [3.63, 3.8) is 0 Å². The minimum atomic E-state index is -3.94. The number of nitrogens with zero attached hydrogens (tertiary/aromatic N) is 2. The van der Waals surface area contributed by atoms with Crippen LogP contribution in [-0.4, -0.2) is 25.5 Å². The summed E-state index contributed by atoms with van der Waals surface area (Å²) >= 11 is 17.2. The van der Waals surface area contributed by atoms with Crippen LogP contribution in [0.3, 0.4) is 0 Å². The average molecular weight is 369 g/mol. The Hall–Kier alpha value is -1.28. The van der Waals surface area contributed by atoms with Gasteiger partial charge in [-0.25, -0.2) is 18.4 Å².